The van der Waals surface area contributed by atoms with E-state index >= 15 is 0 Å². The van der Waals surface area contributed by atoms with E-state index in [2.05, 4.69) is 15.0 Å². The van der Waals surface area contributed by atoms with Gasteiger partial charge in [-0.1, -0.05) is 18.2 Å². The van der Waals surface area contributed by atoms with Gasteiger partial charge in [-0.05, 0) is 36.8 Å². The third-order valence-electron chi connectivity index (χ3n) is 5.82. The highest BCUT2D eigenvalue weighted by atomic mass is 16.3. The van der Waals surface area contributed by atoms with Crippen molar-refractivity contribution < 1.29 is 5.11 Å². The summed E-state index contributed by atoms with van der Waals surface area (Å²) in [5.41, 5.74) is 9.52. The zero-order valence-electron chi connectivity index (χ0n) is 18.6. The number of aryl methyl sites for hydroxylation is 1. The van der Waals surface area contributed by atoms with Crippen molar-refractivity contribution >= 4 is 22.4 Å². The number of nitrogens with zero attached hydrogens (tertiary/aromatic N) is 8. The molecule has 0 radical (unpaired) electrons. The topological polar surface area (TPSA) is 142 Å². The van der Waals surface area contributed by atoms with Crippen LogP contribution in [-0.2, 0) is 6.54 Å². The van der Waals surface area contributed by atoms with Crippen LogP contribution in [0.4, 0.5) is 5.82 Å². The smallest absolute Gasteiger partial charge is 0.282 e. The van der Waals surface area contributed by atoms with Gasteiger partial charge in [0, 0.05) is 18.0 Å². The maximum absolute atomic E-state index is 13.6. The number of nitrogen functional groups attached to an aromatic ring is 1. The molecule has 0 fully saturated rings. The molecule has 0 atom stereocenters. The fourth-order valence-electron chi connectivity index (χ4n) is 4.24. The maximum atomic E-state index is 13.6. The molecule has 172 valence electrons. The molecule has 0 bridgehead atoms. The van der Waals surface area contributed by atoms with Crippen molar-refractivity contribution in [2.24, 2.45) is 0 Å². The number of para-hydroxylation sites is 1. The minimum atomic E-state index is -0.188. The molecule has 0 unspecified atom stereocenters. The van der Waals surface area contributed by atoms with Crippen LogP contribution < -0.4 is 11.3 Å². The highest BCUT2D eigenvalue weighted by molar-refractivity contribution is 5.98. The summed E-state index contributed by atoms with van der Waals surface area (Å²) in [5, 5.41) is 19.9. The van der Waals surface area contributed by atoms with Crippen molar-refractivity contribution in [3.63, 3.8) is 0 Å². The molecule has 0 aliphatic rings. The monoisotopic (exact) mass is 465 g/mol. The van der Waals surface area contributed by atoms with Crippen LogP contribution in [0.25, 0.3) is 33.5 Å². The number of nitrogens with two attached hydrogens (primary N) is 1. The summed E-state index contributed by atoms with van der Waals surface area (Å²) in [6, 6.07) is 12.7. The fourth-order valence-corrected chi connectivity index (χ4v) is 4.24. The summed E-state index contributed by atoms with van der Waals surface area (Å²) in [7, 11) is 0. The average Bonchev–Trinajstić information content (AvgIpc) is 3.41. The number of aromatic hydroxyl groups is 1. The van der Waals surface area contributed by atoms with E-state index in [0.29, 0.717) is 39.3 Å². The molecule has 0 saturated carbocycles. The van der Waals surface area contributed by atoms with Crippen LogP contribution in [0.3, 0.4) is 0 Å². The van der Waals surface area contributed by atoms with E-state index < -0.39 is 0 Å². The van der Waals surface area contributed by atoms with Gasteiger partial charge in [-0.15, -0.1) is 0 Å². The third kappa shape index (κ3) is 3.29. The molecule has 5 aromatic heterocycles. The number of benzene rings is 1. The molecule has 11 nitrogen and oxygen atoms in total. The first kappa shape index (κ1) is 20.5. The molecule has 1 aromatic carbocycles. The van der Waals surface area contributed by atoms with Crippen LogP contribution >= 0.6 is 0 Å². The quantitative estimate of drug-likeness (QED) is 0.404. The first-order chi connectivity index (χ1) is 17.0. The van der Waals surface area contributed by atoms with Gasteiger partial charge in [0.2, 0.25) is 0 Å². The van der Waals surface area contributed by atoms with Crippen LogP contribution in [-0.4, -0.2) is 44.0 Å². The van der Waals surface area contributed by atoms with Gasteiger partial charge in [-0.25, -0.2) is 19.2 Å². The van der Waals surface area contributed by atoms with Gasteiger partial charge in [0.15, 0.2) is 11.5 Å². The van der Waals surface area contributed by atoms with E-state index in [0.717, 1.165) is 5.56 Å². The molecule has 0 saturated heterocycles. The van der Waals surface area contributed by atoms with Crippen molar-refractivity contribution in [1.82, 2.24) is 38.9 Å². The zero-order chi connectivity index (χ0) is 24.1. The van der Waals surface area contributed by atoms with E-state index in [9.17, 15) is 9.90 Å². The lowest BCUT2D eigenvalue weighted by atomic mass is 10.1. The molecule has 3 N–H and O–H groups in total. The summed E-state index contributed by atoms with van der Waals surface area (Å²) in [6.07, 6.45) is 6.02. The van der Waals surface area contributed by atoms with Gasteiger partial charge < -0.3 is 10.8 Å². The number of pyridine rings is 1. The van der Waals surface area contributed by atoms with Gasteiger partial charge in [0.25, 0.3) is 5.56 Å². The lowest BCUT2D eigenvalue weighted by Gasteiger charge is -2.13. The molecule has 6 aromatic rings. The molecule has 0 spiro atoms. The standard InChI is InChI=1S/C24H19N9O2/c1-14-7-8-31-21(14)24(35)33(16-5-3-2-4-6-16)18(29-31)12-32-23-19(22(25)27-13-28-23)20(30-32)15-9-17(34)11-26-10-15/h2-11,13,34H,12H2,1H3,(H2,25,27,28). The van der Waals surface area contributed by atoms with Gasteiger partial charge >= 0.3 is 0 Å². The Hall–Kier alpha value is -5.06. The Morgan fingerprint density at radius 1 is 1.06 bits per heavy atom. The summed E-state index contributed by atoms with van der Waals surface area (Å²) in [5.74, 6) is 0.685. The maximum Gasteiger partial charge on any atom is 0.282 e. The largest absolute Gasteiger partial charge is 0.506 e. The van der Waals surface area contributed by atoms with E-state index in [1.807, 2.05) is 43.3 Å². The highest BCUT2D eigenvalue weighted by Crippen LogP contribution is 2.31. The molecular weight excluding hydrogens is 446 g/mol. The number of hydrogen-bond donors (Lipinski definition) is 2. The summed E-state index contributed by atoms with van der Waals surface area (Å²) < 4.78 is 4.79. The molecule has 35 heavy (non-hydrogen) atoms. The van der Waals surface area contributed by atoms with Gasteiger partial charge in [0.1, 0.15) is 35.7 Å². The number of fused-ring (bicyclic) bond motifs is 2. The lowest BCUT2D eigenvalue weighted by molar-refractivity contribution is 0.473. The van der Waals surface area contributed by atoms with Crippen molar-refractivity contribution in [3.05, 3.63) is 89.1 Å². The Morgan fingerprint density at radius 3 is 2.69 bits per heavy atom. The molecule has 5 heterocycles. The minimum absolute atomic E-state index is 0.00590. The van der Waals surface area contributed by atoms with Crippen LogP contribution in [0.5, 0.6) is 5.75 Å². The lowest BCUT2D eigenvalue weighted by Crippen LogP contribution is -2.28. The van der Waals surface area contributed by atoms with Crippen molar-refractivity contribution in [2.45, 2.75) is 13.5 Å². The third-order valence-corrected chi connectivity index (χ3v) is 5.82. The van der Waals surface area contributed by atoms with E-state index in [1.54, 1.807) is 32.2 Å². The minimum Gasteiger partial charge on any atom is -0.506 e. The first-order valence-corrected chi connectivity index (χ1v) is 10.8. The first-order valence-electron chi connectivity index (χ1n) is 10.8. The van der Waals surface area contributed by atoms with Gasteiger partial charge in [-0.2, -0.15) is 10.2 Å². The normalized spacial score (nSPS) is 11.5. The van der Waals surface area contributed by atoms with Crippen LogP contribution in [0.15, 0.2) is 72.2 Å². The Morgan fingerprint density at radius 2 is 1.89 bits per heavy atom. The molecule has 11 heteroatoms. The Bertz CT molecular complexity index is 1780. The van der Waals surface area contributed by atoms with Crippen LogP contribution in [0.1, 0.15) is 11.4 Å². The van der Waals surface area contributed by atoms with Crippen LogP contribution in [0, 0.1) is 6.92 Å². The van der Waals surface area contributed by atoms with Crippen LogP contribution in [0.2, 0.25) is 0 Å². The predicted octanol–water partition coefficient (Wildman–Crippen LogP) is 2.33. The number of anilines is 1. The fraction of sp³-hybridized carbons (Fsp3) is 0.0833. The second-order valence-electron chi connectivity index (χ2n) is 8.08. The molecular formula is C24H19N9O2. The zero-order valence-corrected chi connectivity index (χ0v) is 18.6. The second-order valence-corrected chi connectivity index (χ2v) is 8.08. The van der Waals surface area contributed by atoms with Crippen molar-refractivity contribution in [2.75, 3.05) is 5.73 Å². The number of rotatable bonds is 4. The van der Waals surface area contributed by atoms with Gasteiger partial charge in [-0.3, -0.25) is 14.3 Å². The molecule has 0 aliphatic heterocycles. The summed E-state index contributed by atoms with van der Waals surface area (Å²) in [4.78, 5) is 26.2. The van der Waals surface area contributed by atoms with E-state index in [4.69, 9.17) is 15.9 Å². The molecule has 6 rings (SSSR count). The predicted molar refractivity (Wildman–Crippen MR) is 129 cm³/mol. The number of aromatic nitrogens is 8. The Kier molecular flexibility index (Phi) is 4.56. The summed E-state index contributed by atoms with van der Waals surface area (Å²) >= 11 is 0. The van der Waals surface area contributed by atoms with E-state index in [1.165, 1.54) is 12.5 Å². The number of hydrogen-bond acceptors (Lipinski definition) is 8. The molecule has 0 aliphatic carbocycles. The Labute approximate surface area is 197 Å². The van der Waals surface area contributed by atoms with Crippen molar-refractivity contribution in [3.8, 4) is 22.7 Å². The van der Waals surface area contributed by atoms with Gasteiger partial charge in [0.05, 0.1) is 17.3 Å². The van der Waals surface area contributed by atoms with Crippen molar-refractivity contribution in [1.29, 1.82) is 0 Å². The Balaban J connectivity index is 1.60. The highest BCUT2D eigenvalue weighted by Gasteiger charge is 2.21. The SMILES string of the molecule is Cc1ccn2nc(Cn3nc(-c4cncc(O)c4)c4c(N)ncnc43)n(-c3ccccc3)c(=O)c12. The summed E-state index contributed by atoms with van der Waals surface area (Å²) in [6.45, 7) is 2.00. The second kappa shape index (κ2) is 7.76. The van der Waals surface area contributed by atoms with E-state index in [-0.39, 0.29) is 23.7 Å². The molecule has 0 amide bonds. The average molecular weight is 465 g/mol.